The molecule has 5 nitrogen and oxygen atoms in total. The zero-order valence-electron chi connectivity index (χ0n) is 21.2. The van der Waals surface area contributed by atoms with Crippen LogP contribution in [0, 0.1) is 11.3 Å². The predicted octanol–water partition coefficient (Wildman–Crippen LogP) is 7.37. The zero-order chi connectivity index (χ0) is 27.2. The minimum Gasteiger partial charge on any atom is -0.353 e. The lowest BCUT2D eigenvalue weighted by molar-refractivity contribution is -0.113. The number of thioether (sulfide) groups is 1. The van der Waals surface area contributed by atoms with Crippen LogP contribution in [0.1, 0.15) is 28.1 Å². The lowest BCUT2D eigenvalue weighted by Crippen LogP contribution is -2.30. The van der Waals surface area contributed by atoms with Crippen LogP contribution >= 0.6 is 23.1 Å². The van der Waals surface area contributed by atoms with Crippen molar-refractivity contribution < 1.29 is 9.59 Å². The van der Waals surface area contributed by atoms with Gasteiger partial charge in [0.2, 0.25) is 0 Å². The number of anilines is 1. The molecule has 192 valence electrons. The third kappa shape index (κ3) is 5.88. The van der Waals surface area contributed by atoms with Crippen LogP contribution in [-0.4, -0.2) is 17.4 Å². The number of thiophene rings is 1. The van der Waals surface area contributed by atoms with E-state index in [0.29, 0.717) is 33.1 Å². The lowest BCUT2D eigenvalue weighted by Gasteiger charge is -2.29. The quantitative estimate of drug-likeness (QED) is 0.225. The van der Waals surface area contributed by atoms with E-state index in [-0.39, 0.29) is 17.4 Å². The van der Waals surface area contributed by atoms with Crippen LogP contribution in [-0.2, 0) is 4.79 Å². The Labute approximate surface area is 235 Å². The van der Waals surface area contributed by atoms with Gasteiger partial charge >= 0.3 is 0 Å². The molecule has 0 aliphatic carbocycles. The second-order valence-electron chi connectivity index (χ2n) is 8.94. The van der Waals surface area contributed by atoms with Crippen LogP contribution in [0.3, 0.4) is 0 Å². The van der Waals surface area contributed by atoms with Crippen molar-refractivity contribution in [3.05, 3.63) is 135 Å². The number of para-hydroxylation sites is 1. The number of allylic oxidation sites excluding steroid dienone is 2. The highest BCUT2D eigenvalue weighted by atomic mass is 32.2. The Hall–Kier alpha value is -4.38. The molecule has 3 aromatic carbocycles. The van der Waals surface area contributed by atoms with Gasteiger partial charge in [-0.05, 0) is 41.6 Å². The number of nitrogens with zero attached hydrogens (tertiary/aromatic N) is 1. The minimum atomic E-state index is -0.525. The number of rotatable bonds is 8. The summed E-state index contributed by atoms with van der Waals surface area (Å²) >= 11 is 2.79. The fourth-order valence-electron chi connectivity index (χ4n) is 4.49. The van der Waals surface area contributed by atoms with Crippen molar-refractivity contribution in [2.24, 2.45) is 0 Å². The number of carbonyl (C=O) groups is 2. The van der Waals surface area contributed by atoms with Crippen LogP contribution in [0.2, 0.25) is 0 Å². The van der Waals surface area contributed by atoms with Crippen LogP contribution in [0.4, 0.5) is 5.69 Å². The van der Waals surface area contributed by atoms with Crippen molar-refractivity contribution in [1.29, 1.82) is 5.26 Å². The Bertz CT molecular complexity index is 1580. The molecule has 0 radical (unpaired) electrons. The summed E-state index contributed by atoms with van der Waals surface area (Å²) in [6, 6.07) is 33.0. The molecule has 4 aromatic rings. The van der Waals surface area contributed by atoms with E-state index in [2.05, 4.69) is 16.7 Å². The zero-order valence-corrected chi connectivity index (χ0v) is 22.8. The Morgan fingerprint density at radius 2 is 1.59 bits per heavy atom. The van der Waals surface area contributed by atoms with Crippen molar-refractivity contribution in [3.8, 4) is 17.2 Å². The average molecular weight is 548 g/mol. The normalized spacial score (nSPS) is 14.9. The number of nitriles is 1. The van der Waals surface area contributed by atoms with Gasteiger partial charge in [0.15, 0.2) is 5.78 Å². The highest BCUT2D eigenvalue weighted by Gasteiger charge is 2.35. The smallest absolute Gasteiger partial charge is 0.254 e. The maximum atomic E-state index is 13.4. The molecular formula is C32H25N3O2S2. The summed E-state index contributed by atoms with van der Waals surface area (Å²) in [6.07, 6.45) is 0. The van der Waals surface area contributed by atoms with Gasteiger partial charge in [0.05, 0.1) is 28.3 Å². The molecule has 0 unspecified atom stereocenters. The molecule has 0 bridgehead atoms. The number of nitrogens with one attached hydrogen (secondary N) is 2. The van der Waals surface area contributed by atoms with Crippen LogP contribution in [0.25, 0.3) is 11.1 Å². The molecule has 1 aromatic heterocycles. The first kappa shape index (κ1) is 26.2. The molecule has 39 heavy (non-hydrogen) atoms. The molecule has 0 saturated carbocycles. The van der Waals surface area contributed by atoms with Gasteiger partial charge in [-0.1, -0.05) is 90.6 Å². The molecule has 1 atom stereocenters. The van der Waals surface area contributed by atoms with E-state index < -0.39 is 5.92 Å². The van der Waals surface area contributed by atoms with Gasteiger partial charge in [-0.25, -0.2) is 0 Å². The number of dihydropyridines is 1. The van der Waals surface area contributed by atoms with Gasteiger partial charge in [0.1, 0.15) is 0 Å². The molecule has 0 fully saturated rings. The lowest BCUT2D eigenvalue weighted by atomic mass is 9.86. The third-order valence-electron chi connectivity index (χ3n) is 6.41. The minimum absolute atomic E-state index is 0.0341. The summed E-state index contributed by atoms with van der Waals surface area (Å²) in [5.41, 5.74) is 5.01. The summed E-state index contributed by atoms with van der Waals surface area (Å²) in [7, 11) is 0. The molecule has 0 spiro atoms. The fraction of sp³-hybridized carbons (Fsp3) is 0.0938. The number of amides is 1. The van der Waals surface area contributed by atoms with Crippen LogP contribution < -0.4 is 10.6 Å². The highest BCUT2D eigenvalue weighted by Crippen LogP contribution is 2.42. The molecule has 1 aliphatic heterocycles. The van der Waals surface area contributed by atoms with Crippen molar-refractivity contribution >= 4 is 40.5 Å². The molecule has 1 amide bonds. The number of carbonyl (C=O) groups excluding carboxylic acids is 2. The Morgan fingerprint density at radius 3 is 2.23 bits per heavy atom. The predicted molar refractivity (Wildman–Crippen MR) is 159 cm³/mol. The maximum Gasteiger partial charge on any atom is 0.254 e. The Balaban J connectivity index is 1.37. The van der Waals surface area contributed by atoms with Gasteiger partial charge in [0, 0.05) is 27.4 Å². The van der Waals surface area contributed by atoms with Gasteiger partial charge in [-0.15, -0.1) is 11.3 Å². The van der Waals surface area contributed by atoms with Gasteiger partial charge in [-0.2, -0.15) is 5.26 Å². The van der Waals surface area contributed by atoms with Crippen molar-refractivity contribution in [2.45, 2.75) is 12.8 Å². The molecule has 1 aliphatic rings. The number of hydrogen-bond donors (Lipinski definition) is 2. The van der Waals surface area contributed by atoms with Crippen LogP contribution in [0.5, 0.6) is 0 Å². The van der Waals surface area contributed by atoms with Crippen molar-refractivity contribution in [1.82, 2.24) is 5.32 Å². The third-order valence-corrected chi connectivity index (χ3v) is 8.37. The highest BCUT2D eigenvalue weighted by molar-refractivity contribution is 8.03. The first-order valence-corrected chi connectivity index (χ1v) is 14.2. The molecule has 2 heterocycles. The van der Waals surface area contributed by atoms with E-state index >= 15 is 0 Å². The molecule has 7 heteroatoms. The topological polar surface area (TPSA) is 82.0 Å². The Morgan fingerprint density at radius 1 is 0.923 bits per heavy atom. The van der Waals surface area contributed by atoms with Crippen LogP contribution in [0.15, 0.2) is 124 Å². The van der Waals surface area contributed by atoms with E-state index in [1.54, 1.807) is 0 Å². The monoisotopic (exact) mass is 547 g/mol. The van der Waals surface area contributed by atoms with E-state index in [1.807, 2.05) is 109 Å². The van der Waals surface area contributed by atoms with Crippen molar-refractivity contribution in [2.75, 3.05) is 11.1 Å². The summed E-state index contributed by atoms with van der Waals surface area (Å²) in [5, 5.41) is 19.0. The first-order valence-electron chi connectivity index (χ1n) is 12.4. The van der Waals surface area contributed by atoms with Crippen molar-refractivity contribution in [3.63, 3.8) is 0 Å². The second-order valence-corrected chi connectivity index (χ2v) is 10.9. The Kier molecular flexibility index (Phi) is 8.07. The largest absolute Gasteiger partial charge is 0.353 e. The van der Waals surface area contributed by atoms with Gasteiger partial charge in [0.25, 0.3) is 5.91 Å². The number of Topliss-reactive ketones (excluding diaryl/α,β-unsaturated/α-hetero) is 1. The van der Waals surface area contributed by atoms with E-state index in [4.69, 9.17) is 0 Å². The fourth-order valence-corrected chi connectivity index (χ4v) is 6.32. The van der Waals surface area contributed by atoms with E-state index in [1.165, 1.54) is 23.1 Å². The average Bonchev–Trinajstić information content (AvgIpc) is 3.51. The maximum absolute atomic E-state index is 13.4. The summed E-state index contributed by atoms with van der Waals surface area (Å²) < 4.78 is 0. The number of ketones is 1. The van der Waals surface area contributed by atoms with Gasteiger partial charge in [-0.3, -0.25) is 9.59 Å². The second kappa shape index (κ2) is 12.0. The first-order chi connectivity index (χ1) is 19.0. The standard InChI is InChI=1S/C32H25N3O2S2/c1-21-29(31(37)35-25-11-6-3-7-12-25)30(28-13-8-18-38-28)26(19-33)32(34-21)39-20-27(36)24-16-14-23(15-17-24)22-9-4-2-5-10-22/h2-18,30,34H,20H2,1H3,(H,35,37)/t30-/m0/s1. The molecule has 5 rings (SSSR count). The number of hydrogen-bond acceptors (Lipinski definition) is 6. The molecule has 0 saturated heterocycles. The molecule has 2 N–H and O–H groups in total. The summed E-state index contributed by atoms with van der Waals surface area (Å²) in [6.45, 7) is 1.83. The van der Waals surface area contributed by atoms with E-state index in [9.17, 15) is 14.9 Å². The van der Waals surface area contributed by atoms with Gasteiger partial charge < -0.3 is 10.6 Å². The van der Waals surface area contributed by atoms with E-state index in [0.717, 1.165) is 16.0 Å². The summed E-state index contributed by atoms with van der Waals surface area (Å²) in [4.78, 5) is 27.4. The SMILES string of the molecule is CC1=C(C(=O)Nc2ccccc2)[C@H](c2cccs2)C(C#N)=C(SCC(=O)c2ccc(-c3ccccc3)cc2)N1. The molecular weight excluding hydrogens is 523 g/mol. The summed E-state index contributed by atoms with van der Waals surface area (Å²) in [5.74, 6) is -0.666. The number of benzene rings is 3.